The fourth-order valence-electron chi connectivity index (χ4n) is 5.82. The normalized spacial score (nSPS) is 29.9. The Morgan fingerprint density at radius 2 is 2.11 bits per heavy atom. The van der Waals surface area contributed by atoms with Gasteiger partial charge in [-0.25, -0.2) is 4.98 Å². The average molecular weight is 398 g/mol. The van der Waals surface area contributed by atoms with Crippen LogP contribution in [0.2, 0.25) is 5.02 Å². The van der Waals surface area contributed by atoms with E-state index in [1.165, 1.54) is 48.0 Å². The molecule has 0 amide bonds. The SMILES string of the molecule is C[C@H]1CCC[N+]1(c1ccc2c(c1)CCN(c1ccc(Cl)cn1)C2)[C@H]1CCNC1. The summed E-state index contributed by atoms with van der Waals surface area (Å²) in [6.45, 7) is 8.06. The van der Waals surface area contributed by atoms with Crippen LogP contribution >= 0.6 is 11.6 Å². The molecule has 1 N–H and O–H groups in total. The van der Waals surface area contributed by atoms with Crippen LogP contribution in [0.3, 0.4) is 0 Å². The Labute approximate surface area is 173 Å². The zero-order valence-electron chi connectivity index (χ0n) is 16.7. The number of likely N-dealkylation sites (tertiary alicyclic amines) is 1. The van der Waals surface area contributed by atoms with Gasteiger partial charge in [-0.1, -0.05) is 17.7 Å². The van der Waals surface area contributed by atoms with E-state index in [1.807, 2.05) is 12.1 Å². The maximum absolute atomic E-state index is 6.00. The molecule has 4 nitrogen and oxygen atoms in total. The summed E-state index contributed by atoms with van der Waals surface area (Å²) in [4.78, 5) is 6.88. The molecule has 0 saturated carbocycles. The monoisotopic (exact) mass is 397 g/mol. The fraction of sp³-hybridized carbons (Fsp3) is 0.522. The molecule has 3 aliphatic heterocycles. The van der Waals surface area contributed by atoms with Crippen LogP contribution in [-0.2, 0) is 13.0 Å². The third kappa shape index (κ3) is 3.02. The molecule has 2 aromatic rings. The number of nitrogens with one attached hydrogen (secondary N) is 1. The van der Waals surface area contributed by atoms with Crippen molar-refractivity contribution in [1.29, 1.82) is 0 Å². The molecule has 3 atom stereocenters. The average Bonchev–Trinajstić information content (AvgIpc) is 3.38. The second-order valence-corrected chi connectivity index (χ2v) is 9.19. The quantitative estimate of drug-likeness (QED) is 0.788. The molecule has 1 aromatic heterocycles. The Hall–Kier alpha value is -1.62. The zero-order valence-corrected chi connectivity index (χ0v) is 17.5. The lowest BCUT2D eigenvalue weighted by atomic mass is 9.96. The highest BCUT2D eigenvalue weighted by Crippen LogP contribution is 2.40. The molecule has 28 heavy (non-hydrogen) atoms. The summed E-state index contributed by atoms with van der Waals surface area (Å²) in [6.07, 6.45) is 6.84. The predicted octanol–water partition coefficient (Wildman–Crippen LogP) is 4.15. The third-order valence-corrected chi connectivity index (χ3v) is 7.56. The van der Waals surface area contributed by atoms with Crippen LogP contribution in [-0.4, -0.2) is 43.2 Å². The van der Waals surface area contributed by atoms with E-state index in [4.69, 9.17) is 11.6 Å². The third-order valence-electron chi connectivity index (χ3n) is 7.34. The molecule has 1 unspecified atom stereocenters. The van der Waals surface area contributed by atoms with Crippen molar-refractivity contribution in [3.63, 3.8) is 0 Å². The first-order valence-electron chi connectivity index (χ1n) is 10.7. The van der Waals surface area contributed by atoms with E-state index in [0.717, 1.165) is 44.0 Å². The van der Waals surface area contributed by atoms with Crippen molar-refractivity contribution < 1.29 is 0 Å². The van der Waals surface area contributed by atoms with Crippen molar-refractivity contribution in [3.05, 3.63) is 52.7 Å². The van der Waals surface area contributed by atoms with Crippen molar-refractivity contribution in [2.75, 3.05) is 31.1 Å². The van der Waals surface area contributed by atoms with Crippen LogP contribution < -0.4 is 14.7 Å². The predicted molar refractivity (Wildman–Crippen MR) is 117 cm³/mol. The molecule has 0 spiro atoms. The molecule has 4 heterocycles. The maximum atomic E-state index is 6.00. The standard InChI is InChI=1S/C23H30ClN4/c1-17-3-2-12-28(17,22-8-10-25-15-22)21-6-4-19-16-27(11-9-18(19)13-21)23-7-5-20(24)14-26-23/h4-7,13-14,17,22,25H,2-3,8-12,15-16H2,1H3/q+1/t17-,22-,28?/m0/s1. The first-order valence-corrected chi connectivity index (χ1v) is 11.1. The molecule has 1 aromatic carbocycles. The van der Waals surface area contributed by atoms with E-state index in [2.05, 4.69) is 40.3 Å². The van der Waals surface area contributed by atoms with Gasteiger partial charge in [-0.2, -0.15) is 0 Å². The van der Waals surface area contributed by atoms with Gasteiger partial charge in [-0.15, -0.1) is 0 Å². The molecule has 0 radical (unpaired) electrons. The first kappa shape index (κ1) is 18.4. The molecule has 5 heteroatoms. The Morgan fingerprint density at radius 3 is 2.82 bits per heavy atom. The molecule has 0 aliphatic carbocycles. The minimum Gasteiger partial charge on any atom is -0.352 e. The fourth-order valence-corrected chi connectivity index (χ4v) is 5.93. The Bertz CT molecular complexity index is 846. The van der Waals surface area contributed by atoms with Crippen molar-refractivity contribution in [2.24, 2.45) is 0 Å². The first-order chi connectivity index (χ1) is 13.7. The minimum atomic E-state index is 0.695. The van der Waals surface area contributed by atoms with Crippen LogP contribution in [0.1, 0.15) is 37.3 Å². The molecule has 3 aliphatic rings. The zero-order chi connectivity index (χ0) is 19.1. The summed E-state index contributed by atoms with van der Waals surface area (Å²) in [6, 6.07) is 12.8. The molecule has 0 bridgehead atoms. The van der Waals surface area contributed by atoms with Gasteiger partial charge < -0.3 is 10.2 Å². The van der Waals surface area contributed by atoms with E-state index in [-0.39, 0.29) is 0 Å². The molecule has 5 rings (SSSR count). The summed E-state index contributed by atoms with van der Waals surface area (Å²) >= 11 is 6.00. The van der Waals surface area contributed by atoms with E-state index in [0.29, 0.717) is 5.02 Å². The lowest BCUT2D eigenvalue weighted by Gasteiger charge is -2.44. The highest BCUT2D eigenvalue weighted by Gasteiger charge is 2.48. The number of anilines is 1. The highest BCUT2D eigenvalue weighted by molar-refractivity contribution is 6.30. The number of hydrogen-bond donors (Lipinski definition) is 1. The number of pyridine rings is 1. The van der Waals surface area contributed by atoms with Crippen molar-refractivity contribution in [3.8, 4) is 0 Å². The maximum Gasteiger partial charge on any atom is 0.133 e. The van der Waals surface area contributed by atoms with Crippen molar-refractivity contribution in [2.45, 2.75) is 51.2 Å². The van der Waals surface area contributed by atoms with Gasteiger partial charge in [0.15, 0.2) is 0 Å². The topological polar surface area (TPSA) is 28.2 Å². The van der Waals surface area contributed by atoms with Crippen LogP contribution in [0.25, 0.3) is 0 Å². The molecular weight excluding hydrogens is 368 g/mol. The Morgan fingerprint density at radius 1 is 1.18 bits per heavy atom. The molecule has 2 fully saturated rings. The number of hydrogen-bond acceptors (Lipinski definition) is 3. The Balaban J connectivity index is 1.44. The molecular formula is C23H30ClN4+. The second kappa shape index (κ2) is 7.33. The number of nitrogens with zero attached hydrogens (tertiary/aromatic N) is 3. The van der Waals surface area contributed by atoms with Crippen LogP contribution in [0.5, 0.6) is 0 Å². The molecule has 2 saturated heterocycles. The van der Waals surface area contributed by atoms with Gasteiger partial charge in [0, 0.05) is 57.7 Å². The van der Waals surface area contributed by atoms with Gasteiger partial charge in [-0.3, -0.25) is 4.48 Å². The van der Waals surface area contributed by atoms with Gasteiger partial charge >= 0.3 is 0 Å². The van der Waals surface area contributed by atoms with Crippen LogP contribution in [0.15, 0.2) is 36.5 Å². The van der Waals surface area contributed by atoms with Crippen molar-refractivity contribution in [1.82, 2.24) is 14.8 Å². The lowest BCUT2D eigenvalue weighted by Crippen LogP contribution is -2.59. The van der Waals surface area contributed by atoms with Gasteiger partial charge in [0.2, 0.25) is 0 Å². The summed E-state index contributed by atoms with van der Waals surface area (Å²) in [5.41, 5.74) is 4.53. The summed E-state index contributed by atoms with van der Waals surface area (Å²) in [5.74, 6) is 1.02. The van der Waals surface area contributed by atoms with Gasteiger partial charge in [0.05, 0.1) is 17.6 Å². The highest BCUT2D eigenvalue weighted by atomic mass is 35.5. The minimum absolute atomic E-state index is 0.695. The second-order valence-electron chi connectivity index (χ2n) is 8.75. The van der Waals surface area contributed by atoms with Gasteiger partial charge in [-0.05, 0) is 42.7 Å². The van der Waals surface area contributed by atoms with E-state index in [1.54, 1.807) is 11.9 Å². The number of rotatable bonds is 3. The lowest BCUT2D eigenvalue weighted by molar-refractivity contribution is 0.203. The number of aromatic nitrogens is 1. The largest absolute Gasteiger partial charge is 0.352 e. The number of fused-ring (bicyclic) bond motifs is 1. The Kier molecular flexibility index (Phi) is 4.82. The van der Waals surface area contributed by atoms with Gasteiger partial charge in [0.25, 0.3) is 0 Å². The van der Waals surface area contributed by atoms with Gasteiger partial charge in [0.1, 0.15) is 17.5 Å². The summed E-state index contributed by atoms with van der Waals surface area (Å²) < 4.78 is 1.20. The molecule has 148 valence electrons. The smallest absolute Gasteiger partial charge is 0.133 e. The van der Waals surface area contributed by atoms with Crippen LogP contribution in [0.4, 0.5) is 11.5 Å². The summed E-state index contributed by atoms with van der Waals surface area (Å²) in [5, 5.41) is 4.31. The van der Waals surface area contributed by atoms with Crippen LogP contribution in [0, 0.1) is 0 Å². The van der Waals surface area contributed by atoms with E-state index in [9.17, 15) is 0 Å². The van der Waals surface area contributed by atoms with E-state index < -0.39 is 0 Å². The number of benzene rings is 1. The number of quaternary nitrogens is 1. The van der Waals surface area contributed by atoms with E-state index >= 15 is 0 Å². The number of halogens is 1. The van der Waals surface area contributed by atoms with Crippen molar-refractivity contribution >= 4 is 23.1 Å². The summed E-state index contributed by atoms with van der Waals surface area (Å²) in [7, 11) is 0.